The molecule has 0 atom stereocenters. The largest absolute Gasteiger partial charge is 0.377 e. The number of nitrogens with one attached hydrogen (secondary N) is 1. The van der Waals surface area contributed by atoms with Gasteiger partial charge in [0.05, 0.1) is 39.1 Å². The lowest BCUT2D eigenvalue weighted by molar-refractivity contribution is 0.102. The van der Waals surface area contributed by atoms with Crippen LogP contribution in [0, 0.1) is 0 Å². The van der Waals surface area contributed by atoms with E-state index in [0.717, 1.165) is 16.6 Å². The zero-order valence-electron chi connectivity index (χ0n) is 17.7. The Hall–Kier alpha value is -2.87. The Morgan fingerprint density at radius 1 is 1.16 bits per heavy atom. The van der Waals surface area contributed by atoms with Crippen LogP contribution in [0.2, 0.25) is 10.0 Å². The molecule has 0 radical (unpaired) electrons. The molecule has 9 heteroatoms. The summed E-state index contributed by atoms with van der Waals surface area (Å²) in [6.07, 6.45) is 1.69. The number of aromatic nitrogens is 1. The number of urea groups is 1. The predicted octanol–water partition coefficient (Wildman–Crippen LogP) is 5.20. The van der Waals surface area contributed by atoms with Crippen LogP contribution in [0.15, 0.2) is 42.6 Å². The highest BCUT2D eigenvalue weighted by Gasteiger charge is 2.30. The maximum atomic E-state index is 12.9. The predicted molar refractivity (Wildman–Crippen MR) is 127 cm³/mol. The molecule has 166 valence electrons. The van der Waals surface area contributed by atoms with Gasteiger partial charge in [-0.25, -0.2) is 4.79 Å². The van der Waals surface area contributed by atoms with Crippen LogP contribution in [0.5, 0.6) is 0 Å². The van der Waals surface area contributed by atoms with E-state index in [-0.39, 0.29) is 21.6 Å². The van der Waals surface area contributed by atoms with E-state index in [0.29, 0.717) is 37.5 Å². The van der Waals surface area contributed by atoms with Gasteiger partial charge in [0.1, 0.15) is 0 Å². The second-order valence-electron chi connectivity index (χ2n) is 7.38. The maximum absolute atomic E-state index is 12.9. The van der Waals surface area contributed by atoms with Gasteiger partial charge < -0.3 is 15.0 Å². The Labute approximate surface area is 195 Å². The van der Waals surface area contributed by atoms with Crippen LogP contribution in [0.1, 0.15) is 22.8 Å². The maximum Gasteiger partial charge on any atom is 0.324 e. The molecule has 32 heavy (non-hydrogen) atoms. The van der Waals surface area contributed by atoms with Crippen molar-refractivity contribution in [2.24, 2.45) is 0 Å². The molecule has 1 aromatic heterocycles. The molecule has 1 aliphatic rings. The van der Waals surface area contributed by atoms with Gasteiger partial charge in [-0.3, -0.25) is 14.7 Å². The van der Waals surface area contributed by atoms with Gasteiger partial charge in [-0.1, -0.05) is 41.4 Å². The van der Waals surface area contributed by atoms with Crippen LogP contribution >= 0.6 is 23.2 Å². The first-order valence-electron chi connectivity index (χ1n) is 10.2. The number of anilines is 2. The molecule has 1 saturated heterocycles. The monoisotopic (exact) mass is 472 g/mol. The van der Waals surface area contributed by atoms with Gasteiger partial charge >= 0.3 is 6.03 Å². The van der Waals surface area contributed by atoms with Crippen molar-refractivity contribution in [2.45, 2.75) is 13.5 Å². The average molecular weight is 473 g/mol. The third-order valence-corrected chi connectivity index (χ3v) is 5.96. The SMILES string of the molecule is CCOCc1cnc2c(NC(=O)c3c(Cl)cccc3Cl)cccc2c1N1CCN(C)C1=O. The number of benzene rings is 2. The van der Waals surface area contributed by atoms with Gasteiger partial charge in [0.2, 0.25) is 0 Å². The molecule has 0 spiro atoms. The number of likely N-dealkylation sites (N-methyl/N-ethyl adjacent to an activating group) is 1. The van der Waals surface area contributed by atoms with E-state index in [1.54, 1.807) is 47.3 Å². The molecule has 0 aliphatic carbocycles. The van der Waals surface area contributed by atoms with E-state index in [2.05, 4.69) is 10.3 Å². The van der Waals surface area contributed by atoms with Crippen LogP contribution in [0.25, 0.3) is 10.9 Å². The molecular weight excluding hydrogens is 451 g/mol. The van der Waals surface area contributed by atoms with E-state index >= 15 is 0 Å². The van der Waals surface area contributed by atoms with Crippen molar-refractivity contribution in [3.05, 3.63) is 63.8 Å². The number of rotatable bonds is 6. The fourth-order valence-electron chi connectivity index (χ4n) is 3.74. The Kier molecular flexibility index (Phi) is 6.50. The molecule has 1 aliphatic heterocycles. The lowest BCUT2D eigenvalue weighted by Crippen LogP contribution is -2.30. The third kappa shape index (κ3) is 4.11. The molecule has 3 aromatic rings. The zero-order chi connectivity index (χ0) is 22.8. The minimum absolute atomic E-state index is 0.0902. The summed E-state index contributed by atoms with van der Waals surface area (Å²) in [6, 6.07) is 10.3. The normalized spacial score (nSPS) is 13.8. The first-order chi connectivity index (χ1) is 15.4. The van der Waals surface area contributed by atoms with Crippen molar-refractivity contribution in [1.29, 1.82) is 0 Å². The van der Waals surface area contributed by atoms with Crippen LogP contribution in [0.3, 0.4) is 0 Å². The van der Waals surface area contributed by atoms with Crippen molar-refractivity contribution in [3.8, 4) is 0 Å². The standard InChI is InChI=1S/C23H22Cl2N4O3/c1-3-32-13-14-12-26-20-15(21(14)29-11-10-28(2)23(29)31)6-4-9-18(20)27-22(30)19-16(24)7-5-8-17(19)25/h4-9,12H,3,10-11,13H2,1-2H3,(H,27,30). The smallest absolute Gasteiger partial charge is 0.324 e. The molecule has 4 rings (SSSR count). The Balaban J connectivity index is 1.80. The summed E-state index contributed by atoms with van der Waals surface area (Å²) in [5.74, 6) is -0.438. The number of para-hydroxylation sites is 1. The van der Waals surface area contributed by atoms with E-state index in [4.69, 9.17) is 27.9 Å². The summed E-state index contributed by atoms with van der Waals surface area (Å²) in [5, 5.41) is 4.13. The van der Waals surface area contributed by atoms with Gasteiger partial charge in [-0.15, -0.1) is 0 Å². The number of hydrogen-bond acceptors (Lipinski definition) is 4. The lowest BCUT2D eigenvalue weighted by Gasteiger charge is -2.22. The van der Waals surface area contributed by atoms with Crippen LogP contribution in [-0.2, 0) is 11.3 Å². The fraction of sp³-hybridized carbons (Fsp3) is 0.261. The number of carbonyl (C=O) groups is 2. The Morgan fingerprint density at radius 3 is 2.53 bits per heavy atom. The molecule has 1 fully saturated rings. The highest BCUT2D eigenvalue weighted by molar-refractivity contribution is 6.40. The van der Waals surface area contributed by atoms with Gasteiger partial charge in [-0.2, -0.15) is 0 Å². The molecule has 0 unspecified atom stereocenters. The van der Waals surface area contributed by atoms with Gasteiger partial charge in [-0.05, 0) is 25.1 Å². The van der Waals surface area contributed by atoms with Crippen molar-refractivity contribution in [2.75, 3.05) is 37.0 Å². The van der Waals surface area contributed by atoms with E-state index in [9.17, 15) is 9.59 Å². The first-order valence-corrected chi connectivity index (χ1v) is 10.9. The summed E-state index contributed by atoms with van der Waals surface area (Å²) in [4.78, 5) is 33.7. The number of nitrogens with zero attached hydrogens (tertiary/aromatic N) is 3. The Bertz CT molecular complexity index is 1180. The van der Waals surface area contributed by atoms with Crippen LogP contribution in [-0.4, -0.2) is 48.6 Å². The van der Waals surface area contributed by atoms with Crippen molar-refractivity contribution in [3.63, 3.8) is 0 Å². The number of halogens is 2. The summed E-state index contributed by atoms with van der Waals surface area (Å²) in [6.45, 7) is 3.96. The highest BCUT2D eigenvalue weighted by atomic mass is 35.5. The number of carbonyl (C=O) groups excluding carboxylic acids is 2. The van der Waals surface area contributed by atoms with Crippen molar-refractivity contribution in [1.82, 2.24) is 9.88 Å². The highest BCUT2D eigenvalue weighted by Crippen LogP contribution is 2.36. The zero-order valence-corrected chi connectivity index (χ0v) is 19.2. The molecule has 2 heterocycles. The topological polar surface area (TPSA) is 74.8 Å². The number of pyridine rings is 1. The second kappa shape index (κ2) is 9.32. The van der Waals surface area contributed by atoms with Gasteiger partial charge in [0.25, 0.3) is 5.91 Å². The molecule has 0 bridgehead atoms. The molecule has 1 N–H and O–H groups in total. The van der Waals surface area contributed by atoms with Crippen LogP contribution < -0.4 is 10.2 Å². The summed E-state index contributed by atoms with van der Waals surface area (Å²) in [5.41, 5.74) is 2.79. The van der Waals surface area contributed by atoms with Crippen molar-refractivity contribution < 1.29 is 14.3 Å². The minimum atomic E-state index is -0.438. The summed E-state index contributed by atoms with van der Waals surface area (Å²) < 4.78 is 5.62. The van der Waals surface area contributed by atoms with E-state index in [1.807, 2.05) is 19.1 Å². The number of hydrogen-bond donors (Lipinski definition) is 1. The van der Waals surface area contributed by atoms with Crippen LogP contribution in [0.4, 0.5) is 16.2 Å². The molecule has 2 aromatic carbocycles. The fourth-order valence-corrected chi connectivity index (χ4v) is 4.31. The number of fused-ring (bicyclic) bond motifs is 1. The lowest BCUT2D eigenvalue weighted by atomic mass is 10.1. The second-order valence-corrected chi connectivity index (χ2v) is 8.19. The van der Waals surface area contributed by atoms with E-state index in [1.165, 1.54) is 0 Å². The molecule has 0 saturated carbocycles. The summed E-state index contributed by atoms with van der Waals surface area (Å²) in [7, 11) is 1.77. The molecule has 3 amide bonds. The van der Waals surface area contributed by atoms with Gasteiger partial charge in [0, 0.05) is 43.9 Å². The van der Waals surface area contributed by atoms with Gasteiger partial charge in [0.15, 0.2) is 0 Å². The quantitative estimate of drug-likeness (QED) is 0.534. The first kappa shape index (κ1) is 22.3. The van der Waals surface area contributed by atoms with Crippen molar-refractivity contribution >= 4 is 57.4 Å². The number of ether oxygens (including phenoxy) is 1. The average Bonchev–Trinajstić information content (AvgIpc) is 3.10. The molecule has 7 nitrogen and oxygen atoms in total. The van der Waals surface area contributed by atoms with E-state index < -0.39 is 5.91 Å². The Morgan fingerprint density at radius 2 is 1.88 bits per heavy atom. The third-order valence-electron chi connectivity index (χ3n) is 5.33. The molecular formula is C23H22Cl2N4O3. The minimum Gasteiger partial charge on any atom is -0.377 e. The summed E-state index contributed by atoms with van der Waals surface area (Å²) >= 11 is 12.4. The number of amides is 3.